The molecule has 3 aromatic heterocycles. The summed E-state index contributed by atoms with van der Waals surface area (Å²) in [6.45, 7) is 1.38. The number of carbonyl (C=O) groups is 1. The molecule has 1 N–H and O–H groups in total. The van der Waals surface area contributed by atoms with E-state index >= 15 is 0 Å². The third-order valence-electron chi connectivity index (χ3n) is 5.22. The maximum atomic E-state index is 13.4. The maximum absolute atomic E-state index is 13.4. The molecule has 0 aliphatic carbocycles. The highest BCUT2D eigenvalue weighted by Gasteiger charge is 2.32. The van der Waals surface area contributed by atoms with Gasteiger partial charge in [0, 0.05) is 35.3 Å². The number of alkyl halides is 3. The molecule has 13 heteroatoms. The Labute approximate surface area is 202 Å². The van der Waals surface area contributed by atoms with Crippen LogP contribution in [0, 0.1) is 5.82 Å². The molecule has 0 aliphatic heterocycles. The van der Waals surface area contributed by atoms with E-state index in [1.165, 1.54) is 19.2 Å². The van der Waals surface area contributed by atoms with Gasteiger partial charge in [-0.25, -0.2) is 17.8 Å². The van der Waals surface area contributed by atoms with Gasteiger partial charge in [-0.05, 0) is 43.7 Å². The quantitative estimate of drug-likeness (QED) is 0.343. The third kappa shape index (κ3) is 5.74. The number of nitrogens with zero attached hydrogens (tertiary/aromatic N) is 3. The molecule has 0 fully saturated rings. The van der Waals surface area contributed by atoms with Gasteiger partial charge in [0.1, 0.15) is 11.4 Å². The van der Waals surface area contributed by atoms with Crippen molar-refractivity contribution < 1.29 is 35.2 Å². The SMILES string of the molecule is C[C@H](NS(=O)(=O)c1cc2cc(F)ccc2o1)C(=O)CCc1cc(-c2cnc(C(F)(F)F)cn2)ccn1. The smallest absolute Gasteiger partial charge is 0.434 e. The monoisotopic (exact) mass is 522 g/mol. The van der Waals surface area contributed by atoms with Crippen molar-refractivity contribution in [3.05, 3.63) is 72.2 Å². The second-order valence-electron chi connectivity index (χ2n) is 7.88. The topological polar surface area (TPSA) is 115 Å². The number of hydrogen-bond acceptors (Lipinski definition) is 7. The zero-order valence-electron chi connectivity index (χ0n) is 18.6. The fourth-order valence-electron chi connectivity index (χ4n) is 3.34. The number of hydrogen-bond donors (Lipinski definition) is 1. The number of furan rings is 1. The molecule has 0 amide bonds. The summed E-state index contributed by atoms with van der Waals surface area (Å²) < 4.78 is 84.2. The Bertz CT molecular complexity index is 1520. The summed E-state index contributed by atoms with van der Waals surface area (Å²) in [7, 11) is -4.19. The van der Waals surface area contributed by atoms with Gasteiger partial charge in [0.2, 0.25) is 5.09 Å². The molecular formula is C23H18F4N4O4S. The highest BCUT2D eigenvalue weighted by molar-refractivity contribution is 7.89. The first-order valence-electron chi connectivity index (χ1n) is 10.5. The lowest BCUT2D eigenvalue weighted by molar-refractivity contribution is -0.141. The summed E-state index contributed by atoms with van der Waals surface area (Å²) in [6, 6.07) is 6.74. The van der Waals surface area contributed by atoms with Gasteiger partial charge in [-0.1, -0.05) is 0 Å². The van der Waals surface area contributed by atoms with E-state index in [4.69, 9.17) is 4.42 Å². The first-order chi connectivity index (χ1) is 16.9. The van der Waals surface area contributed by atoms with Crippen LogP contribution in [0.5, 0.6) is 0 Å². The number of aryl methyl sites for hydroxylation is 1. The molecule has 1 aromatic carbocycles. The van der Waals surface area contributed by atoms with Gasteiger partial charge in [-0.15, -0.1) is 0 Å². The van der Waals surface area contributed by atoms with Crippen LogP contribution in [0.3, 0.4) is 0 Å². The molecule has 0 radical (unpaired) electrons. The molecule has 188 valence electrons. The van der Waals surface area contributed by atoms with E-state index in [9.17, 15) is 30.8 Å². The van der Waals surface area contributed by atoms with Crippen LogP contribution in [0.25, 0.3) is 22.2 Å². The van der Waals surface area contributed by atoms with E-state index in [2.05, 4.69) is 19.7 Å². The molecule has 4 rings (SSSR count). The maximum Gasteiger partial charge on any atom is 0.434 e. The van der Waals surface area contributed by atoms with Crippen LogP contribution < -0.4 is 4.72 Å². The Morgan fingerprint density at radius 2 is 1.86 bits per heavy atom. The average Bonchev–Trinajstić information content (AvgIpc) is 3.26. The van der Waals surface area contributed by atoms with E-state index < -0.39 is 44.6 Å². The summed E-state index contributed by atoms with van der Waals surface area (Å²) in [4.78, 5) is 23.9. The fourth-order valence-corrected chi connectivity index (χ4v) is 4.54. The number of rotatable bonds is 8. The van der Waals surface area contributed by atoms with Crippen molar-refractivity contribution in [2.24, 2.45) is 0 Å². The van der Waals surface area contributed by atoms with E-state index in [-0.39, 0.29) is 29.5 Å². The number of benzene rings is 1. The van der Waals surface area contributed by atoms with Crippen LogP contribution in [0.1, 0.15) is 24.7 Å². The number of halogens is 4. The van der Waals surface area contributed by atoms with Gasteiger partial charge < -0.3 is 4.42 Å². The van der Waals surface area contributed by atoms with Crippen LogP contribution in [-0.4, -0.2) is 35.2 Å². The van der Waals surface area contributed by atoms with Gasteiger partial charge >= 0.3 is 6.18 Å². The van der Waals surface area contributed by atoms with Gasteiger partial charge in [0.05, 0.1) is 24.1 Å². The number of ketones is 1. The minimum atomic E-state index is -4.60. The van der Waals surface area contributed by atoms with E-state index in [0.717, 1.165) is 24.4 Å². The van der Waals surface area contributed by atoms with Crippen LogP contribution in [-0.2, 0) is 27.4 Å². The predicted molar refractivity (Wildman–Crippen MR) is 120 cm³/mol. The minimum Gasteiger partial charge on any atom is -0.443 e. The summed E-state index contributed by atoms with van der Waals surface area (Å²) in [5.41, 5.74) is 0.183. The molecule has 1 atom stereocenters. The standard InChI is InChI=1S/C23H18F4N4O4S/c1-13(31-36(33,34)22-10-15-8-16(24)2-5-20(15)35-22)19(32)4-3-17-9-14(6-7-28-17)18-11-30-21(12-29-18)23(25,26)27/h2,5-13,31H,3-4H2,1H3/t13-/m0/s1. The first-order valence-corrected chi connectivity index (χ1v) is 12.0. The molecule has 36 heavy (non-hydrogen) atoms. The first kappa shape index (κ1) is 25.4. The van der Waals surface area contributed by atoms with Crippen molar-refractivity contribution in [2.75, 3.05) is 0 Å². The largest absolute Gasteiger partial charge is 0.443 e. The predicted octanol–water partition coefficient (Wildman–Crippen LogP) is 4.31. The zero-order valence-corrected chi connectivity index (χ0v) is 19.4. The van der Waals surface area contributed by atoms with Crippen molar-refractivity contribution in [1.82, 2.24) is 19.7 Å². The highest BCUT2D eigenvalue weighted by atomic mass is 32.2. The lowest BCUT2D eigenvalue weighted by Crippen LogP contribution is -2.38. The molecule has 0 bridgehead atoms. The fraction of sp³-hybridized carbons (Fsp3) is 0.217. The highest BCUT2D eigenvalue weighted by Crippen LogP contribution is 2.28. The molecule has 0 unspecified atom stereocenters. The molecule has 3 heterocycles. The van der Waals surface area contributed by atoms with Crippen molar-refractivity contribution >= 4 is 26.8 Å². The summed E-state index contributed by atoms with van der Waals surface area (Å²) in [5, 5.41) is -0.187. The van der Waals surface area contributed by atoms with Crippen LogP contribution in [0.4, 0.5) is 17.6 Å². The average molecular weight is 522 g/mol. The van der Waals surface area contributed by atoms with Gasteiger partial charge in [-0.3, -0.25) is 14.8 Å². The Hall–Kier alpha value is -3.71. The molecular weight excluding hydrogens is 504 g/mol. The molecule has 4 aromatic rings. The molecule has 0 saturated heterocycles. The Kier molecular flexibility index (Phi) is 6.87. The van der Waals surface area contributed by atoms with E-state index in [0.29, 0.717) is 17.5 Å². The summed E-state index contributed by atoms with van der Waals surface area (Å²) in [6.07, 6.45) is -1.47. The summed E-state index contributed by atoms with van der Waals surface area (Å²) in [5.74, 6) is -0.978. The number of fused-ring (bicyclic) bond motifs is 1. The normalized spacial score (nSPS) is 13.1. The number of carbonyl (C=O) groups excluding carboxylic acids is 1. The Balaban J connectivity index is 1.39. The number of nitrogens with one attached hydrogen (secondary N) is 1. The zero-order chi connectivity index (χ0) is 26.1. The van der Waals surface area contributed by atoms with Crippen LogP contribution in [0.15, 0.2) is 64.5 Å². The molecule has 0 saturated carbocycles. The van der Waals surface area contributed by atoms with Gasteiger partial charge in [0.15, 0.2) is 11.5 Å². The number of Topliss-reactive ketones (excluding diaryl/α,β-unsaturated/α-hetero) is 1. The lowest BCUT2D eigenvalue weighted by atomic mass is 10.1. The molecule has 0 aliphatic rings. The van der Waals surface area contributed by atoms with E-state index in [1.54, 1.807) is 12.1 Å². The van der Waals surface area contributed by atoms with Crippen LogP contribution in [0.2, 0.25) is 0 Å². The van der Waals surface area contributed by atoms with Crippen molar-refractivity contribution in [3.8, 4) is 11.3 Å². The number of sulfonamides is 1. The Morgan fingerprint density at radius 1 is 1.08 bits per heavy atom. The summed E-state index contributed by atoms with van der Waals surface area (Å²) >= 11 is 0. The van der Waals surface area contributed by atoms with Crippen molar-refractivity contribution in [2.45, 2.75) is 37.1 Å². The van der Waals surface area contributed by atoms with E-state index in [1.807, 2.05) is 0 Å². The van der Waals surface area contributed by atoms with Gasteiger partial charge in [0.25, 0.3) is 10.0 Å². The minimum absolute atomic E-state index is 0.0653. The lowest BCUT2D eigenvalue weighted by Gasteiger charge is -2.12. The Morgan fingerprint density at radius 3 is 2.56 bits per heavy atom. The second-order valence-corrected chi connectivity index (χ2v) is 9.52. The molecule has 8 nitrogen and oxygen atoms in total. The van der Waals surface area contributed by atoms with Crippen LogP contribution >= 0.6 is 0 Å². The molecule has 0 spiro atoms. The van der Waals surface area contributed by atoms with Crippen molar-refractivity contribution in [1.29, 1.82) is 0 Å². The third-order valence-corrected chi connectivity index (χ3v) is 6.61. The number of pyridine rings is 1. The number of aromatic nitrogens is 3. The van der Waals surface area contributed by atoms with Crippen molar-refractivity contribution in [3.63, 3.8) is 0 Å². The second kappa shape index (κ2) is 9.74. The van der Waals surface area contributed by atoms with Gasteiger partial charge in [-0.2, -0.15) is 17.9 Å².